The van der Waals surface area contributed by atoms with Crippen molar-refractivity contribution in [3.05, 3.63) is 94.6 Å². The van der Waals surface area contributed by atoms with Crippen molar-refractivity contribution in [1.82, 2.24) is 0 Å². The van der Waals surface area contributed by atoms with Gasteiger partial charge in [-0.3, -0.25) is 0 Å². The number of halogens is 4. The Balaban J connectivity index is 1.45. The molecule has 1 unspecified atom stereocenters. The molecule has 35 heavy (non-hydrogen) atoms. The largest absolute Gasteiger partial charge is 0.491 e. The molecular formula is C29H28F4O2. The summed E-state index contributed by atoms with van der Waals surface area (Å²) in [6.45, 7) is 2.04. The van der Waals surface area contributed by atoms with E-state index in [0.29, 0.717) is 36.8 Å². The quantitative estimate of drug-likeness (QED) is 0.341. The second-order valence-electron chi connectivity index (χ2n) is 8.82. The second kappa shape index (κ2) is 11.1. The molecule has 0 aliphatic heterocycles. The SMILES string of the molecule is CCOc1ccc(-c2ccc(CCc3ccc(C4=CCC(CO)CC4)c(F)c3F)cc2)c(F)c1F. The van der Waals surface area contributed by atoms with E-state index in [1.54, 1.807) is 43.3 Å². The molecule has 3 aromatic carbocycles. The Kier molecular flexibility index (Phi) is 7.91. The van der Waals surface area contributed by atoms with Gasteiger partial charge in [-0.05, 0) is 79.3 Å². The second-order valence-corrected chi connectivity index (χ2v) is 8.82. The summed E-state index contributed by atoms with van der Waals surface area (Å²) < 4.78 is 63.3. The van der Waals surface area contributed by atoms with Crippen LogP contribution >= 0.6 is 0 Å². The van der Waals surface area contributed by atoms with Gasteiger partial charge in [0.1, 0.15) is 0 Å². The van der Waals surface area contributed by atoms with Gasteiger partial charge >= 0.3 is 0 Å². The lowest BCUT2D eigenvalue weighted by Crippen LogP contribution is -2.10. The van der Waals surface area contributed by atoms with Crippen LogP contribution in [0.1, 0.15) is 42.9 Å². The van der Waals surface area contributed by atoms with Gasteiger partial charge in [-0.15, -0.1) is 0 Å². The third kappa shape index (κ3) is 5.43. The van der Waals surface area contributed by atoms with Crippen molar-refractivity contribution in [3.63, 3.8) is 0 Å². The summed E-state index contributed by atoms with van der Waals surface area (Å²) in [7, 11) is 0. The molecule has 6 heteroatoms. The predicted octanol–water partition coefficient (Wildman–Crippen LogP) is 7.27. The molecule has 0 amide bonds. The van der Waals surface area contributed by atoms with Crippen molar-refractivity contribution >= 4 is 5.57 Å². The van der Waals surface area contributed by atoms with Gasteiger partial charge in [-0.25, -0.2) is 13.2 Å². The summed E-state index contributed by atoms with van der Waals surface area (Å²) in [6, 6.07) is 13.0. The standard InChI is InChI=1S/C29H28F4O2/c1-2-35-25-16-15-24(28(32)29(25)33)20-8-3-18(4-9-20)5-12-22-13-14-23(27(31)26(22)30)21-10-6-19(17-34)7-11-21/h3-4,8-10,13-16,19,34H,2,5-7,11-12,17H2,1H3. The topological polar surface area (TPSA) is 29.5 Å². The predicted molar refractivity (Wildman–Crippen MR) is 129 cm³/mol. The zero-order valence-corrected chi connectivity index (χ0v) is 19.6. The van der Waals surface area contributed by atoms with E-state index < -0.39 is 23.3 Å². The number of aryl methyl sites for hydroxylation is 2. The summed E-state index contributed by atoms with van der Waals surface area (Å²) >= 11 is 0. The number of rotatable bonds is 8. The van der Waals surface area contributed by atoms with Crippen LogP contribution in [0.25, 0.3) is 16.7 Å². The van der Waals surface area contributed by atoms with E-state index in [-0.39, 0.29) is 36.0 Å². The summed E-state index contributed by atoms with van der Waals surface area (Å²) in [5, 5.41) is 9.26. The van der Waals surface area contributed by atoms with E-state index in [1.165, 1.54) is 12.1 Å². The van der Waals surface area contributed by atoms with E-state index in [4.69, 9.17) is 4.74 Å². The minimum absolute atomic E-state index is 0.104. The lowest BCUT2D eigenvalue weighted by molar-refractivity contribution is 0.218. The number of aliphatic hydroxyl groups excluding tert-OH is 1. The molecule has 0 saturated heterocycles. The number of aliphatic hydroxyl groups is 1. The van der Waals surface area contributed by atoms with Crippen molar-refractivity contribution in [2.45, 2.75) is 39.0 Å². The Labute approximate surface area is 202 Å². The van der Waals surface area contributed by atoms with E-state index in [9.17, 15) is 22.7 Å². The summed E-state index contributed by atoms with van der Waals surface area (Å²) in [5.41, 5.74) is 2.87. The fourth-order valence-corrected chi connectivity index (χ4v) is 4.48. The Morgan fingerprint density at radius 1 is 0.829 bits per heavy atom. The van der Waals surface area contributed by atoms with Gasteiger partial charge in [0, 0.05) is 17.7 Å². The van der Waals surface area contributed by atoms with Crippen molar-refractivity contribution < 1.29 is 27.4 Å². The van der Waals surface area contributed by atoms with Crippen LogP contribution in [0.3, 0.4) is 0 Å². The lowest BCUT2D eigenvalue weighted by atomic mass is 9.86. The lowest BCUT2D eigenvalue weighted by Gasteiger charge is -2.21. The number of hydrogen-bond acceptors (Lipinski definition) is 2. The monoisotopic (exact) mass is 484 g/mol. The number of ether oxygens (including phenoxy) is 1. The van der Waals surface area contributed by atoms with Crippen molar-refractivity contribution in [3.8, 4) is 16.9 Å². The minimum atomic E-state index is -1.02. The van der Waals surface area contributed by atoms with Crippen LogP contribution in [-0.2, 0) is 12.8 Å². The van der Waals surface area contributed by atoms with Crippen molar-refractivity contribution in [2.75, 3.05) is 13.2 Å². The van der Waals surface area contributed by atoms with Crippen LogP contribution in [0.4, 0.5) is 17.6 Å². The zero-order valence-electron chi connectivity index (χ0n) is 19.6. The fraction of sp³-hybridized carbons (Fsp3) is 0.310. The average molecular weight is 485 g/mol. The molecule has 0 aromatic heterocycles. The van der Waals surface area contributed by atoms with E-state index in [0.717, 1.165) is 17.6 Å². The molecule has 4 rings (SSSR count). The first-order valence-electron chi connectivity index (χ1n) is 11.9. The molecular weight excluding hydrogens is 456 g/mol. The molecule has 0 fully saturated rings. The summed E-state index contributed by atoms with van der Waals surface area (Å²) in [5.74, 6) is -3.61. The highest BCUT2D eigenvalue weighted by atomic mass is 19.2. The molecule has 1 aliphatic rings. The Bertz CT molecular complexity index is 1220. The summed E-state index contributed by atoms with van der Waals surface area (Å²) in [6.07, 6.45) is 4.71. The third-order valence-electron chi connectivity index (χ3n) is 6.58. The molecule has 0 heterocycles. The molecule has 1 aliphatic carbocycles. The van der Waals surface area contributed by atoms with Crippen LogP contribution in [0.5, 0.6) is 5.75 Å². The first kappa shape index (κ1) is 25.0. The summed E-state index contributed by atoms with van der Waals surface area (Å²) in [4.78, 5) is 0. The van der Waals surface area contributed by atoms with Crippen molar-refractivity contribution in [2.24, 2.45) is 5.92 Å². The average Bonchev–Trinajstić information content (AvgIpc) is 2.88. The van der Waals surface area contributed by atoms with E-state index in [1.807, 2.05) is 6.08 Å². The maximum Gasteiger partial charge on any atom is 0.201 e. The van der Waals surface area contributed by atoms with Crippen LogP contribution in [0, 0.1) is 29.2 Å². The highest BCUT2D eigenvalue weighted by Gasteiger charge is 2.20. The third-order valence-corrected chi connectivity index (χ3v) is 6.58. The van der Waals surface area contributed by atoms with Gasteiger partial charge in [0.2, 0.25) is 5.82 Å². The molecule has 0 spiro atoms. The van der Waals surface area contributed by atoms with E-state index in [2.05, 4.69) is 0 Å². The molecule has 3 aromatic rings. The molecule has 0 saturated carbocycles. The normalized spacial score (nSPS) is 15.7. The highest BCUT2D eigenvalue weighted by molar-refractivity contribution is 5.67. The highest BCUT2D eigenvalue weighted by Crippen LogP contribution is 2.33. The Hall–Kier alpha value is -3.12. The van der Waals surface area contributed by atoms with Crippen LogP contribution < -0.4 is 4.74 Å². The number of benzene rings is 3. The first-order chi connectivity index (χ1) is 16.9. The van der Waals surface area contributed by atoms with Gasteiger partial charge in [-0.2, -0.15) is 4.39 Å². The van der Waals surface area contributed by atoms with Crippen LogP contribution in [0.2, 0.25) is 0 Å². The van der Waals surface area contributed by atoms with Crippen LogP contribution in [-0.4, -0.2) is 18.3 Å². The maximum atomic E-state index is 14.8. The zero-order chi connectivity index (χ0) is 24.9. The fourth-order valence-electron chi connectivity index (χ4n) is 4.48. The Morgan fingerprint density at radius 3 is 2.20 bits per heavy atom. The number of hydrogen-bond donors (Lipinski definition) is 1. The minimum Gasteiger partial charge on any atom is -0.491 e. The first-order valence-corrected chi connectivity index (χ1v) is 11.9. The van der Waals surface area contributed by atoms with Gasteiger partial charge in [0.25, 0.3) is 0 Å². The molecule has 184 valence electrons. The molecule has 0 bridgehead atoms. The molecule has 0 radical (unpaired) electrons. The van der Waals surface area contributed by atoms with Gasteiger partial charge in [0.05, 0.1) is 6.61 Å². The number of allylic oxidation sites excluding steroid dienone is 2. The molecule has 1 atom stereocenters. The van der Waals surface area contributed by atoms with Crippen molar-refractivity contribution in [1.29, 1.82) is 0 Å². The maximum absolute atomic E-state index is 14.8. The smallest absolute Gasteiger partial charge is 0.201 e. The Morgan fingerprint density at radius 2 is 1.54 bits per heavy atom. The van der Waals surface area contributed by atoms with Gasteiger partial charge in [-0.1, -0.05) is 42.5 Å². The van der Waals surface area contributed by atoms with Gasteiger partial charge < -0.3 is 9.84 Å². The van der Waals surface area contributed by atoms with Crippen LogP contribution in [0.15, 0.2) is 54.6 Å². The molecule has 1 N–H and O–H groups in total. The van der Waals surface area contributed by atoms with Gasteiger partial charge in [0.15, 0.2) is 23.2 Å². The van der Waals surface area contributed by atoms with E-state index >= 15 is 0 Å². The molecule has 2 nitrogen and oxygen atoms in total.